The molecule has 1 N–H and O–H groups in total. The third-order valence-corrected chi connectivity index (χ3v) is 3.08. The summed E-state index contributed by atoms with van der Waals surface area (Å²) >= 11 is 1.94. The van der Waals surface area contributed by atoms with Crippen molar-refractivity contribution >= 4 is 11.8 Å². The molecule has 0 saturated carbocycles. The van der Waals surface area contributed by atoms with Gasteiger partial charge in [0.05, 0.1) is 0 Å². The summed E-state index contributed by atoms with van der Waals surface area (Å²) in [4.78, 5) is 0. The van der Waals surface area contributed by atoms with Crippen LogP contribution in [0.4, 0.5) is 0 Å². The van der Waals surface area contributed by atoms with Crippen molar-refractivity contribution in [2.24, 2.45) is 0 Å². The van der Waals surface area contributed by atoms with Crippen molar-refractivity contribution in [2.45, 2.75) is 33.4 Å². The first-order chi connectivity index (χ1) is 6.74. The molecule has 0 bridgehead atoms. The Morgan fingerprint density at radius 2 is 2.29 bits per heavy atom. The van der Waals surface area contributed by atoms with E-state index in [1.165, 1.54) is 0 Å². The molecule has 0 aliphatic heterocycles. The summed E-state index contributed by atoms with van der Waals surface area (Å²) in [6.45, 7) is 6.98. The van der Waals surface area contributed by atoms with Gasteiger partial charge in [-0.15, -0.1) is 0 Å². The second-order valence-electron chi connectivity index (χ2n) is 3.24. The summed E-state index contributed by atoms with van der Waals surface area (Å²) in [5.41, 5.74) is 1.77. The van der Waals surface area contributed by atoms with Gasteiger partial charge in [-0.25, -0.2) is 4.63 Å². The van der Waals surface area contributed by atoms with E-state index >= 15 is 0 Å². The third-order valence-electron chi connectivity index (χ3n) is 1.94. The van der Waals surface area contributed by atoms with Crippen LogP contribution in [0.2, 0.25) is 0 Å². The average molecular weight is 215 g/mol. The van der Waals surface area contributed by atoms with Gasteiger partial charge in [-0.3, -0.25) is 0 Å². The molecule has 1 heterocycles. The van der Waals surface area contributed by atoms with Gasteiger partial charge in [0, 0.05) is 18.3 Å². The number of nitrogens with one attached hydrogen (secondary N) is 1. The molecule has 0 aromatic carbocycles. The van der Waals surface area contributed by atoms with E-state index in [1.807, 2.05) is 18.7 Å². The van der Waals surface area contributed by atoms with Crippen LogP contribution in [0.3, 0.4) is 0 Å². The van der Waals surface area contributed by atoms with E-state index in [1.54, 1.807) is 0 Å². The second kappa shape index (κ2) is 6.03. The van der Waals surface area contributed by atoms with E-state index < -0.39 is 0 Å². The van der Waals surface area contributed by atoms with E-state index in [9.17, 15) is 0 Å². The number of nitrogens with zero attached hydrogens (tertiary/aromatic N) is 2. The molecule has 80 valence electrons. The van der Waals surface area contributed by atoms with E-state index in [4.69, 9.17) is 0 Å². The summed E-state index contributed by atoms with van der Waals surface area (Å²) in [6, 6.07) is 0.496. The molecule has 1 unspecified atom stereocenters. The van der Waals surface area contributed by atoms with E-state index in [2.05, 4.69) is 34.1 Å². The van der Waals surface area contributed by atoms with Crippen LogP contribution in [-0.4, -0.2) is 27.9 Å². The Hall–Kier alpha value is -0.550. The van der Waals surface area contributed by atoms with Crippen molar-refractivity contribution in [3.63, 3.8) is 0 Å². The lowest BCUT2D eigenvalue weighted by Crippen LogP contribution is -2.28. The highest BCUT2D eigenvalue weighted by molar-refractivity contribution is 7.99. The van der Waals surface area contributed by atoms with Crippen LogP contribution in [0.25, 0.3) is 0 Å². The molecule has 1 aromatic rings. The van der Waals surface area contributed by atoms with Crippen molar-refractivity contribution in [1.29, 1.82) is 0 Å². The zero-order chi connectivity index (χ0) is 10.4. The first kappa shape index (κ1) is 11.5. The standard InChI is InChI=1S/C9H17N3OS/c1-4-14-6-7(2)10-5-9-8(3)11-13-12-9/h7,10H,4-6H2,1-3H3. The Morgan fingerprint density at radius 1 is 1.50 bits per heavy atom. The Balaban J connectivity index is 2.23. The molecular weight excluding hydrogens is 198 g/mol. The maximum absolute atomic E-state index is 4.61. The molecule has 0 aliphatic rings. The van der Waals surface area contributed by atoms with Crippen LogP contribution in [-0.2, 0) is 6.54 Å². The normalized spacial score (nSPS) is 13.1. The minimum absolute atomic E-state index is 0.496. The quantitative estimate of drug-likeness (QED) is 0.781. The smallest absolute Gasteiger partial charge is 0.121 e. The van der Waals surface area contributed by atoms with Crippen LogP contribution < -0.4 is 5.32 Å². The number of thioether (sulfide) groups is 1. The lowest BCUT2D eigenvalue weighted by molar-refractivity contribution is 0.300. The molecule has 1 atom stereocenters. The van der Waals surface area contributed by atoms with Crippen LogP contribution in [0, 0.1) is 6.92 Å². The summed E-state index contributed by atoms with van der Waals surface area (Å²) in [5, 5.41) is 10.9. The van der Waals surface area contributed by atoms with Gasteiger partial charge in [-0.05, 0) is 19.6 Å². The monoisotopic (exact) mass is 215 g/mol. The minimum Gasteiger partial charge on any atom is -0.308 e. The maximum atomic E-state index is 4.61. The van der Waals surface area contributed by atoms with E-state index in [0.29, 0.717) is 6.04 Å². The largest absolute Gasteiger partial charge is 0.308 e. The van der Waals surface area contributed by atoms with E-state index in [-0.39, 0.29) is 0 Å². The molecule has 14 heavy (non-hydrogen) atoms. The molecular formula is C9H17N3OS. The van der Waals surface area contributed by atoms with Crippen molar-refractivity contribution in [2.75, 3.05) is 11.5 Å². The zero-order valence-corrected chi connectivity index (χ0v) is 9.73. The van der Waals surface area contributed by atoms with Gasteiger partial charge in [0.1, 0.15) is 11.4 Å². The number of hydrogen-bond acceptors (Lipinski definition) is 5. The minimum atomic E-state index is 0.496. The van der Waals surface area contributed by atoms with Gasteiger partial charge in [0.15, 0.2) is 0 Å². The molecule has 4 nitrogen and oxygen atoms in total. The van der Waals surface area contributed by atoms with E-state index in [0.717, 1.165) is 29.4 Å². The summed E-state index contributed by atoms with van der Waals surface area (Å²) in [6.07, 6.45) is 0. The highest BCUT2D eigenvalue weighted by Crippen LogP contribution is 2.04. The number of hydrogen-bond donors (Lipinski definition) is 1. The summed E-state index contributed by atoms with van der Waals surface area (Å²) in [5.74, 6) is 2.29. The van der Waals surface area contributed by atoms with Gasteiger partial charge >= 0.3 is 0 Å². The number of aromatic nitrogens is 2. The summed E-state index contributed by atoms with van der Waals surface area (Å²) < 4.78 is 4.61. The van der Waals surface area contributed by atoms with Crippen LogP contribution >= 0.6 is 11.8 Å². The lowest BCUT2D eigenvalue weighted by atomic mass is 10.3. The first-order valence-corrected chi connectivity index (χ1v) is 5.98. The Morgan fingerprint density at radius 3 is 2.86 bits per heavy atom. The zero-order valence-electron chi connectivity index (χ0n) is 8.91. The van der Waals surface area contributed by atoms with Crippen LogP contribution in [0.1, 0.15) is 25.2 Å². The average Bonchev–Trinajstić information content (AvgIpc) is 2.58. The Kier molecular flexibility index (Phi) is 4.97. The molecule has 0 fully saturated rings. The molecule has 0 radical (unpaired) electrons. The molecule has 0 amide bonds. The highest BCUT2D eigenvalue weighted by atomic mass is 32.2. The van der Waals surface area contributed by atoms with Crippen LogP contribution in [0.5, 0.6) is 0 Å². The summed E-state index contributed by atoms with van der Waals surface area (Å²) in [7, 11) is 0. The molecule has 1 aromatic heterocycles. The fourth-order valence-corrected chi connectivity index (χ4v) is 1.74. The second-order valence-corrected chi connectivity index (χ2v) is 4.56. The Bertz CT molecular complexity index is 264. The predicted octanol–water partition coefficient (Wildman–Crippen LogP) is 1.61. The van der Waals surface area contributed by atoms with Gasteiger partial charge in [-0.2, -0.15) is 11.8 Å². The Labute approximate surface area is 88.8 Å². The maximum Gasteiger partial charge on any atom is 0.121 e. The molecule has 0 aliphatic carbocycles. The SMILES string of the molecule is CCSCC(C)NCc1nonc1C. The number of rotatable bonds is 6. The van der Waals surface area contributed by atoms with Gasteiger partial charge < -0.3 is 5.32 Å². The highest BCUT2D eigenvalue weighted by Gasteiger charge is 2.06. The van der Waals surface area contributed by atoms with Crippen molar-refractivity contribution in [3.8, 4) is 0 Å². The van der Waals surface area contributed by atoms with Crippen molar-refractivity contribution in [1.82, 2.24) is 15.6 Å². The van der Waals surface area contributed by atoms with Crippen LogP contribution in [0.15, 0.2) is 4.63 Å². The van der Waals surface area contributed by atoms with Gasteiger partial charge in [0.2, 0.25) is 0 Å². The van der Waals surface area contributed by atoms with Crippen molar-refractivity contribution < 1.29 is 4.63 Å². The molecule has 5 heteroatoms. The van der Waals surface area contributed by atoms with Gasteiger partial charge in [0.25, 0.3) is 0 Å². The molecule has 0 spiro atoms. The fourth-order valence-electron chi connectivity index (χ4n) is 1.03. The van der Waals surface area contributed by atoms with Crippen molar-refractivity contribution in [3.05, 3.63) is 11.4 Å². The lowest BCUT2D eigenvalue weighted by Gasteiger charge is -2.11. The third kappa shape index (κ3) is 3.67. The van der Waals surface area contributed by atoms with Gasteiger partial charge in [-0.1, -0.05) is 17.2 Å². The predicted molar refractivity (Wildman–Crippen MR) is 58.3 cm³/mol. The molecule has 1 rings (SSSR count). The molecule has 0 saturated heterocycles. The first-order valence-electron chi connectivity index (χ1n) is 4.83. The number of aryl methyl sites for hydroxylation is 1. The topological polar surface area (TPSA) is 51.0 Å². The fraction of sp³-hybridized carbons (Fsp3) is 0.778.